The van der Waals surface area contributed by atoms with E-state index in [-0.39, 0.29) is 16.7 Å². The summed E-state index contributed by atoms with van der Waals surface area (Å²) in [6.07, 6.45) is 0. The lowest BCUT2D eigenvalue weighted by molar-refractivity contribution is -0.255. The lowest BCUT2D eigenvalue weighted by Gasteiger charge is -2.16. The van der Waals surface area contributed by atoms with Gasteiger partial charge in [0.15, 0.2) is 5.37 Å². The quantitative estimate of drug-likeness (QED) is 0.905. The Hall–Kier alpha value is -2.80. The average molecular weight is 355 g/mol. The number of carboxylic acid groups (broad SMARTS) is 1. The highest BCUT2D eigenvalue weighted by Gasteiger charge is 2.40. The van der Waals surface area contributed by atoms with Crippen LogP contribution in [0.3, 0.4) is 0 Å². The first-order chi connectivity index (χ1) is 11.9. The zero-order valence-electron chi connectivity index (χ0n) is 13.6. The van der Waals surface area contributed by atoms with E-state index in [0.717, 1.165) is 27.8 Å². The van der Waals surface area contributed by atoms with Gasteiger partial charge in [-0.05, 0) is 66.6 Å². The van der Waals surface area contributed by atoms with Gasteiger partial charge in [0.05, 0.1) is 11.7 Å². The molecule has 1 atom stereocenters. The molecule has 3 rings (SSSR count). The Kier molecular flexibility index (Phi) is 4.50. The van der Waals surface area contributed by atoms with Crippen LogP contribution >= 0.6 is 11.8 Å². The van der Waals surface area contributed by atoms with Gasteiger partial charge in [0.25, 0.3) is 11.1 Å². The van der Waals surface area contributed by atoms with Crippen LogP contribution in [0.25, 0.3) is 0 Å². The number of benzene rings is 2. The maximum Gasteiger partial charge on any atom is 0.295 e. The highest BCUT2D eigenvalue weighted by atomic mass is 32.2. The summed E-state index contributed by atoms with van der Waals surface area (Å²) in [6, 6.07) is 11.2. The van der Waals surface area contributed by atoms with Crippen molar-refractivity contribution in [3.63, 3.8) is 0 Å². The Morgan fingerprint density at radius 3 is 2.36 bits per heavy atom. The van der Waals surface area contributed by atoms with E-state index in [4.69, 9.17) is 0 Å². The van der Waals surface area contributed by atoms with Crippen LogP contribution in [0.4, 0.5) is 16.2 Å². The summed E-state index contributed by atoms with van der Waals surface area (Å²) in [4.78, 5) is 36.8. The predicted octanol–water partition coefficient (Wildman–Crippen LogP) is 2.30. The Labute approximate surface area is 148 Å². The molecular formula is C18H15N2O4S-. The minimum Gasteiger partial charge on any atom is -0.545 e. The number of carboxylic acids is 1. The van der Waals surface area contributed by atoms with Crippen LogP contribution in [0, 0.1) is 13.8 Å². The van der Waals surface area contributed by atoms with Gasteiger partial charge in [-0.3, -0.25) is 9.59 Å². The lowest BCUT2D eigenvalue weighted by atomic mass is 10.1. The number of anilines is 2. The Bertz CT molecular complexity index is 864. The summed E-state index contributed by atoms with van der Waals surface area (Å²) in [5.41, 5.74) is 3.21. The van der Waals surface area contributed by atoms with Crippen molar-refractivity contribution in [2.24, 2.45) is 0 Å². The van der Waals surface area contributed by atoms with Crippen LogP contribution in [-0.2, 0) is 4.79 Å². The molecule has 0 aliphatic carbocycles. The molecule has 2 aromatic rings. The molecule has 1 aliphatic heterocycles. The minimum atomic E-state index is -1.27. The topological polar surface area (TPSA) is 89.5 Å². The van der Waals surface area contributed by atoms with E-state index in [0.29, 0.717) is 11.4 Å². The van der Waals surface area contributed by atoms with E-state index >= 15 is 0 Å². The second-order valence-corrected chi connectivity index (χ2v) is 6.77. The molecule has 1 unspecified atom stereocenters. The predicted molar refractivity (Wildman–Crippen MR) is 94.6 cm³/mol. The van der Waals surface area contributed by atoms with Crippen LogP contribution < -0.4 is 15.3 Å². The second kappa shape index (κ2) is 6.60. The van der Waals surface area contributed by atoms with Gasteiger partial charge < -0.3 is 15.2 Å². The molecule has 0 spiro atoms. The third kappa shape index (κ3) is 3.36. The molecule has 1 heterocycles. The molecule has 2 aromatic carbocycles. The molecule has 0 aromatic heterocycles. The summed E-state index contributed by atoms with van der Waals surface area (Å²) in [5, 5.41) is 12.6. The standard InChI is InChI=1S/C18H16N2O4S/c1-10-3-8-14(9-11(10)2)20-16(21)15(25-18(20)24)19-13-6-4-12(5-7-13)17(22)23/h3-9,15,19H,1-2H3,(H,22,23)/p-1. The van der Waals surface area contributed by atoms with Crippen molar-refractivity contribution >= 4 is 40.3 Å². The fourth-order valence-electron chi connectivity index (χ4n) is 2.45. The summed E-state index contributed by atoms with van der Waals surface area (Å²) in [7, 11) is 0. The van der Waals surface area contributed by atoms with Crippen molar-refractivity contribution in [2.45, 2.75) is 19.2 Å². The van der Waals surface area contributed by atoms with E-state index in [2.05, 4.69) is 5.32 Å². The van der Waals surface area contributed by atoms with Gasteiger partial charge in [0.2, 0.25) is 0 Å². The molecule has 0 bridgehead atoms. The monoisotopic (exact) mass is 355 g/mol. The lowest BCUT2D eigenvalue weighted by Crippen LogP contribution is -2.34. The smallest absolute Gasteiger partial charge is 0.295 e. The van der Waals surface area contributed by atoms with E-state index in [9.17, 15) is 19.5 Å². The molecule has 6 nitrogen and oxygen atoms in total. The molecule has 0 saturated carbocycles. The van der Waals surface area contributed by atoms with Crippen molar-refractivity contribution in [3.05, 3.63) is 59.2 Å². The molecule has 1 fully saturated rings. The van der Waals surface area contributed by atoms with Crippen LogP contribution in [-0.4, -0.2) is 22.5 Å². The highest BCUT2D eigenvalue weighted by Crippen LogP contribution is 2.33. The number of thioether (sulfide) groups is 1. The molecule has 1 N–H and O–H groups in total. The second-order valence-electron chi connectivity index (χ2n) is 5.72. The van der Waals surface area contributed by atoms with Crippen LogP contribution in [0.1, 0.15) is 21.5 Å². The maximum absolute atomic E-state index is 12.6. The zero-order chi connectivity index (χ0) is 18.1. The van der Waals surface area contributed by atoms with E-state index in [1.807, 2.05) is 26.0 Å². The fraction of sp³-hybridized carbons (Fsp3) is 0.167. The largest absolute Gasteiger partial charge is 0.545 e. The first-order valence-electron chi connectivity index (χ1n) is 7.56. The molecule has 128 valence electrons. The minimum absolute atomic E-state index is 0.0452. The number of hydrogen-bond donors (Lipinski definition) is 1. The van der Waals surface area contributed by atoms with Crippen molar-refractivity contribution in [2.75, 3.05) is 10.2 Å². The number of aryl methyl sites for hydroxylation is 2. The van der Waals surface area contributed by atoms with Gasteiger partial charge in [-0.2, -0.15) is 0 Å². The van der Waals surface area contributed by atoms with Gasteiger partial charge in [0.1, 0.15) is 0 Å². The fourth-order valence-corrected chi connectivity index (χ4v) is 3.36. The third-order valence-corrected chi connectivity index (χ3v) is 4.95. The molecule has 7 heteroatoms. The Morgan fingerprint density at radius 1 is 1.08 bits per heavy atom. The Morgan fingerprint density at radius 2 is 1.76 bits per heavy atom. The number of aromatic carboxylic acids is 1. The van der Waals surface area contributed by atoms with Crippen LogP contribution in [0.5, 0.6) is 0 Å². The van der Waals surface area contributed by atoms with Gasteiger partial charge in [-0.1, -0.05) is 18.2 Å². The molecule has 0 radical (unpaired) electrons. The van der Waals surface area contributed by atoms with E-state index < -0.39 is 11.3 Å². The number of carbonyl (C=O) groups excluding carboxylic acids is 3. The first kappa shape index (κ1) is 17.0. The van der Waals surface area contributed by atoms with Gasteiger partial charge in [0, 0.05) is 5.69 Å². The SMILES string of the molecule is Cc1ccc(N2C(=O)SC(Nc3ccc(C(=O)[O-])cc3)C2=O)cc1C. The summed E-state index contributed by atoms with van der Waals surface area (Å²) in [5.74, 6) is -1.63. The van der Waals surface area contributed by atoms with Crippen LogP contribution in [0.2, 0.25) is 0 Å². The van der Waals surface area contributed by atoms with E-state index in [1.165, 1.54) is 24.3 Å². The molecule has 2 amide bonds. The molecule has 1 saturated heterocycles. The van der Waals surface area contributed by atoms with Crippen molar-refractivity contribution in [1.82, 2.24) is 0 Å². The molecule has 25 heavy (non-hydrogen) atoms. The number of amides is 2. The number of rotatable bonds is 4. The third-order valence-electron chi connectivity index (χ3n) is 4.01. The van der Waals surface area contributed by atoms with Gasteiger partial charge in [-0.25, -0.2) is 4.90 Å². The Balaban J connectivity index is 1.78. The summed E-state index contributed by atoms with van der Waals surface area (Å²) < 4.78 is 0. The van der Waals surface area contributed by atoms with Crippen molar-refractivity contribution in [1.29, 1.82) is 0 Å². The number of imide groups is 1. The first-order valence-corrected chi connectivity index (χ1v) is 8.44. The number of nitrogens with zero attached hydrogens (tertiary/aromatic N) is 1. The van der Waals surface area contributed by atoms with E-state index in [1.54, 1.807) is 6.07 Å². The zero-order valence-corrected chi connectivity index (χ0v) is 14.4. The summed E-state index contributed by atoms with van der Waals surface area (Å²) in [6.45, 7) is 3.88. The maximum atomic E-state index is 12.6. The number of nitrogens with one attached hydrogen (secondary N) is 1. The number of hydrogen-bond acceptors (Lipinski definition) is 6. The molecular weight excluding hydrogens is 340 g/mol. The normalized spacial score (nSPS) is 17.0. The highest BCUT2D eigenvalue weighted by molar-refractivity contribution is 8.16. The van der Waals surface area contributed by atoms with Crippen molar-refractivity contribution < 1.29 is 19.5 Å². The van der Waals surface area contributed by atoms with Gasteiger partial charge in [-0.15, -0.1) is 0 Å². The summed E-state index contributed by atoms with van der Waals surface area (Å²) >= 11 is 0.890. The molecule has 1 aliphatic rings. The van der Waals surface area contributed by atoms with Gasteiger partial charge >= 0.3 is 0 Å². The number of carbonyl (C=O) groups is 3. The van der Waals surface area contributed by atoms with Crippen LogP contribution in [0.15, 0.2) is 42.5 Å². The average Bonchev–Trinajstić information content (AvgIpc) is 2.85. The van der Waals surface area contributed by atoms with Crippen molar-refractivity contribution in [3.8, 4) is 0 Å².